The molecule has 0 saturated carbocycles. The van der Waals surface area contributed by atoms with Crippen LogP contribution in [-0.2, 0) is 6.42 Å². The van der Waals surface area contributed by atoms with Crippen LogP contribution >= 0.6 is 22.7 Å². The van der Waals surface area contributed by atoms with Crippen molar-refractivity contribution in [3.8, 4) is 0 Å². The fourth-order valence-corrected chi connectivity index (χ4v) is 3.77. The van der Waals surface area contributed by atoms with Crippen molar-refractivity contribution in [2.24, 2.45) is 0 Å². The predicted molar refractivity (Wildman–Crippen MR) is 64.7 cm³/mol. The summed E-state index contributed by atoms with van der Waals surface area (Å²) >= 11 is 3.66. The summed E-state index contributed by atoms with van der Waals surface area (Å²) in [6, 6.07) is 2.56. The van der Waals surface area contributed by atoms with E-state index in [1.807, 2.05) is 17.5 Å². The van der Waals surface area contributed by atoms with Crippen LogP contribution in [0.3, 0.4) is 0 Å². The molecule has 2 aromatic heterocycles. The number of nitrogens with one attached hydrogen (secondary N) is 1. The number of rotatable bonds is 1. The molecule has 2 aromatic rings. The molecule has 0 radical (unpaired) electrons. The van der Waals surface area contributed by atoms with E-state index in [0.717, 1.165) is 13.0 Å². The second-order valence-corrected chi connectivity index (χ2v) is 6.01. The Morgan fingerprint density at radius 1 is 1.53 bits per heavy atom. The third kappa shape index (κ3) is 1.62. The van der Waals surface area contributed by atoms with Crippen LogP contribution in [0, 0.1) is 6.92 Å². The Hall–Kier alpha value is -0.710. The Balaban J connectivity index is 2.02. The van der Waals surface area contributed by atoms with Gasteiger partial charge in [-0.05, 0) is 30.4 Å². The third-order valence-electron chi connectivity index (χ3n) is 2.68. The highest BCUT2D eigenvalue weighted by Gasteiger charge is 2.24. The van der Waals surface area contributed by atoms with E-state index in [4.69, 9.17) is 0 Å². The predicted octanol–water partition coefficient (Wildman–Crippen LogP) is 2.75. The summed E-state index contributed by atoms with van der Waals surface area (Å²) < 4.78 is 0. The lowest BCUT2D eigenvalue weighted by Gasteiger charge is -2.22. The summed E-state index contributed by atoms with van der Waals surface area (Å²) in [5, 5.41) is 6.93. The van der Waals surface area contributed by atoms with Crippen LogP contribution in [0.2, 0.25) is 0 Å². The highest BCUT2D eigenvalue weighted by molar-refractivity contribution is 7.11. The second-order valence-electron chi connectivity index (χ2n) is 3.75. The van der Waals surface area contributed by atoms with Crippen LogP contribution in [0.5, 0.6) is 0 Å². The van der Waals surface area contributed by atoms with Crippen LogP contribution < -0.4 is 5.32 Å². The highest BCUT2D eigenvalue weighted by atomic mass is 32.1. The molecule has 1 N–H and O–H groups in total. The van der Waals surface area contributed by atoms with Gasteiger partial charge in [-0.1, -0.05) is 0 Å². The van der Waals surface area contributed by atoms with Crippen LogP contribution in [0.1, 0.15) is 26.4 Å². The average molecular weight is 236 g/mol. The van der Waals surface area contributed by atoms with E-state index in [9.17, 15) is 0 Å². The summed E-state index contributed by atoms with van der Waals surface area (Å²) in [4.78, 5) is 7.28. The van der Waals surface area contributed by atoms with Crippen molar-refractivity contribution < 1.29 is 0 Å². The van der Waals surface area contributed by atoms with Crippen molar-refractivity contribution in [3.63, 3.8) is 0 Å². The molecule has 1 aliphatic heterocycles. The number of hydrogen-bond donors (Lipinski definition) is 1. The molecule has 1 atom stereocenters. The normalized spacial score (nSPS) is 20.2. The quantitative estimate of drug-likeness (QED) is 0.823. The number of nitrogens with zero attached hydrogens (tertiary/aromatic N) is 1. The van der Waals surface area contributed by atoms with Crippen LogP contribution in [-0.4, -0.2) is 11.5 Å². The molecule has 0 amide bonds. The Morgan fingerprint density at radius 2 is 2.47 bits per heavy atom. The molecule has 15 heavy (non-hydrogen) atoms. The first-order chi connectivity index (χ1) is 7.34. The molecule has 0 bridgehead atoms. The summed E-state index contributed by atoms with van der Waals surface area (Å²) in [5.74, 6) is 0. The minimum absolute atomic E-state index is 0.332. The first kappa shape index (κ1) is 9.51. The number of aromatic nitrogens is 1. The van der Waals surface area contributed by atoms with E-state index >= 15 is 0 Å². The summed E-state index contributed by atoms with van der Waals surface area (Å²) in [7, 11) is 0. The Kier molecular flexibility index (Phi) is 2.35. The fourth-order valence-electron chi connectivity index (χ4n) is 1.98. The molecule has 3 rings (SSSR count). The van der Waals surface area contributed by atoms with Gasteiger partial charge in [0.2, 0.25) is 0 Å². The monoisotopic (exact) mass is 236 g/mol. The van der Waals surface area contributed by atoms with Gasteiger partial charge in [0.05, 0.1) is 6.04 Å². The molecule has 0 aliphatic carbocycles. The van der Waals surface area contributed by atoms with Gasteiger partial charge in [0.1, 0.15) is 5.01 Å². The maximum absolute atomic E-state index is 4.48. The van der Waals surface area contributed by atoms with Crippen molar-refractivity contribution >= 4 is 22.7 Å². The van der Waals surface area contributed by atoms with Gasteiger partial charge in [-0.3, -0.25) is 0 Å². The summed E-state index contributed by atoms with van der Waals surface area (Å²) in [6.07, 6.45) is 3.12. The molecular formula is C11H12N2S2. The minimum Gasteiger partial charge on any atom is -0.304 e. The average Bonchev–Trinajstić information content (AvgIpc) is 2.84. The Labute approximate surface area is 97.0 Å². The van der Waals surface area contributed by atoms with Crippen LogP contribution in [0.25, 0.3) is 0 Å². The number of fused-ring (bicyclic) bond motifs is 1. The zero-order valence-corrected chi connectivity index (χ0v) is 10.1. The highest BCUT2D eigenvalue weighted by Crippen LogP contribution is 2.33. The lowest BCUT2D eigenvalue weighted by atomic mass is 10.0. The summed E-state index contributed by atoms with van der Waals surface area (Å²) in [5.41, 5.74) is 1.43. The van der Waals surface area contributed by atoms with Gasteiger partial charge in [0.15, 0.2) is 0 Å². The van der Waals surface area contributed by atoms with Crippen molar-refractivity contribution in [1.29, 1.82) is 0 Å². The molecule has 3 heterocycles. The minimum atomic E-state index is 0.332. The number of aryl methyl sites for hydroxylation is 1. The second kappa shape index (κ2) is 3.70. The summed E-state index contributed by atoms with van der Waals surface area (Å²) in [6.45, 7) is 3.18. The maximum atomic E-state index is 4.48. The molecule has 0 aromatic carbocycles. The molecule has 78 valence electrons. The van der Waals surface area contributed by atoms with Gasteiger partial charge in [-0.2, -0.15) is 0 Å². The first-order valence-corrected chi connectivity index (χ1v) is 6.76. The third-order valence-corrected chi connectivity index (χ3v) is 4.65. The molecule has 4 heteroatoms. The molecule has 0 spiro atoms. The number of hydrogen-bond acceptors (Lipinski definition) is 4. The Morgan fingerprint density at radius 3 is 3.27 bits per heavy atom. The zero-order valence-electron chi connectivity index (χ0n) is 8.49. The van der Waals surface area contributed by atoms with Crippen LogP contribution in [0.15, 0.2) is 17.6 Å². The van der Waals surface area contributed by atoms with Crippen molar-refractivity contribution in [2.75, 3.05) is 6.54 Å². The molecular weight excluding hydrogens is 224 g/mol. The van der Waals surface area contributed by atoms with Gasteiger partial charge >= 0.3 is 0 Å². The smallest absolute Gasteiger partial charge is 0.114 e. The van der Waals surface area contributed by atoms with E-state index < -0.39 is 0 Å². The van der Waals surface area contributed by atoms with Gasteiger partial charge in [-0.25, -0.2) is 4.98 Å². The van der Waals surface area contributed by atoms with Crippen molar-refractivity contribution in [3.05, 3.63) is 38.0 Å². The van der Waals surface area contributed by atoms with E-state index in [1.165, 1.54) is 20.3 Å². The van der Waals surface area contributed by atoms with E-state index in [1.54, 1.807) is 11.3 Å². The molecule has 2 nitrogen and oxygen atoms in total. The Bertz CT molecular complexity index is 472. The molecule has 0 saturated heterocycles. The zero-order chi connectivity index (χ0) is 10.3. The van der Waals surface area contributed by atoms with Gasteiger partial charge in [-0.15, -0.1) is 22.7 Å². The van der Waals surface area contributed by atoms with Crippen LogP contribution in [0.4, 0.5) is 0 Å². The number of thiophene rings is 1. The lowest BCUT2D eigenvalue weighted by molar-refractivity contribution is 0.572. The largest absolute Gasteiger partial charge is 0.304 e. The SMILES string of the molecule is Cc1cnc(C2NCCc3sccc32)s1. The maximum Gasteiger partial charge on any atom is 0.114 e. The topological polar surface area (TPSA) is 24.9 Å². The van der Waals surface area contributed by atoms with Crippen molar-refractivity contribution in [2.45, 2.75) is 19.4 Å². The molecule has 1 unspecified atom stereocenters. The lowest BCUT2D eigenvalue weighted by Crippen LogP contribution is -2.29. The van der Waals surface area contributed by atoms with Gasteiger partial charge in [0.25, 0.3) is 0 Å². The molecule has 1 aliphatic rings. The fraction of sp³-hybridized carbons (Fsp3) is 0.364. The van der Waals surface area contributed by atoms with Crippen molar-refractivity contribution in [1.82, 2.24) is 10.3 Å². The van der Waals surface area contributed by atoms with E-state index in [-0.39, 0.29) is 0 Å². The number of thiazole rings is 1. The van der Waals surface area contributed by atoms with E-state index in [2.05, 4.69) is 28.7 Å². The molecule has 0 fully saturated rings. The standard InChI is InChI=1S/C11H12N2S2/c1-7-6-13-11(15-7)10-8-3-5-14-9(8)2-4-12-10/h3,5-6,10,12H,2,4H2,1H3. The van der Waals surface area contributed by atoms with Gasteiger partial charge < -0.3 is 5.32 Å². The first-order valence-electron chi connectivity index (χ1n) is 5.06. The van der Waals surface area contributed by atoms with E-state index in [0.29, 0.717) is 6.04 Å². The van der Waals surface area contributed by atoms with Gasteiger partial charge in [0, 0.05) is 22.5 Å².